The molecule has 3 aromatic rings. The van der Waals surface area contributed by atoms with Crippen molar-refractivity contribution in [2.45, 2.75) is 12.6 Å². The first-order chi connectivity index (χ1) is 12.9. The maximum Gasteiger partial charge on any atom is 0.418 e. The molecule has 0 atom stereocenters. The van der Waals surface area contributed by atoms with E-state index in [0.29, 0.717) is 13.0 Å². The molecule has 0 fully saturated rings. The number of hydrogen-bond acceptors (Lipinski definition) is 5. The molecule has 0 radical (unpaired) electrons. The van der Waals surface area contributed by atoms with Crippen molar-refractivity contribution in [3.05, 3.63) is 71.7 Å². The first-order valence-corrected chi connectivity index (χ1v) is 8.03. The highest BCUT2D eigenvalue weighted by Gasteiger charge is 2.33. The molecule has 0 spiro atoms. The average Bonchev–Trinajstić information content (AvgIpc) is 2.63. The molecule has 0 amide bonds. The molecule has 9 heteroatoms. The van der Waals surface area contributed by atoms with Crippen molar-refractivity contribution in [2.24, 2.45) is 0 Å². The van der Waals surface area contributed by atoms with Gasteiger partial charge in [-0.15, -0.1) is 5.10 Å². The van der Waals surface area contributed by atoms with Gasteiger partial charge < -0.3 is 10.6 Å². The van der Waals surface area contributed by atoms with Crippen molar-refractivity contribution in [1.29, 1.82) is 0 Å². The van der Waals surface area contributed by atoms with Gasteiger partial charge in [0.1, 0.15) is 5.82 Å². The molecule has 0 saturated heterocycles. The van der Waals surface area contributed by atoms with E-state index in [9.17, 15) is 17.6 Å². The molecule has 0 unspecified atom stereocenters. The Morgan fingerprint density at radius 3 is 2.44 bits per heavy atom. The van der Waals surface area contributed by atoms with Gasteiger partial charge in [0.25, 0.3) is 0 Å². The van der Waals surface area contributed by atoms with Gasteiger partial charge in [0.2, 0.25) is 5.95 Å². The standard InChI is InChI=1S/C18H15F4N5/c19-13-7-5-12(6-8-13)9-10-23-17-26-16(11-24-27-17)25-15-4-2-1-3-14(15)18(20,21)22/h1-8,11H,9-10H2,(H2,23,25,26,27). The zero-order valence-corrected chi connectivity index (χ0v) is 14.0. The van der Waals surface area contributed by atoms with Gasteiger partial charge in [-0.05, 0) is 36.2 Å². The Morgan fingerprint density at radius 2 is 1.70 bits per heavy atom. The predicted octanol–water partition coefficient (Wildman–Crippen LogP) is 4.43. The van der Waals surface area contributed by atoms with E-state index >= 15 is 0 Å². The summed E-state index contributed by atoms with van der Waals surface area (Å²) in [6.07, 6.45) is -2.66. The Labute approximate surface area is 152 Å². The number of hydrogen-bond donors (Lipinski definition) is 2. The van der Waals surface area contributed by atoms with Gasteiger partial charge in [-0.1, -0.05) is 24.3 Å². The van der Waals surface area contributed by atoms with Crippen molar-refractivity contribution in [3.8, 4) is 0 Å². The lowest BCUT2D eigenvalue weighted by Crippen LogP contribution is -2.11. The smallest absolute Gasteiger partial charge is 0.353 e. The molecule has 2 aromatic carbocycles. The summed E-state index contributed by atoms with van der Waals surface area (Å²) in [5, 5.41) is 13.1. The minimum Gasteiger partial charge on any atom is -0.353 e. The predicted molar refractivity (Wildman–Crippen MR) is 93.1 cm³/mol. The summed E-state index contributed by atoms with van der Waals surface area (Å²) in [5.74, 6) is -0.00487. The Morgan fingerprint density at radius 1 is 0.963 bits per heavy atom. The second-order valence-electron chi connectivity index (χ2n) is 5.64. The van der Waals surface area contributed by atoms with Gasteiger partial charge in [-0.25, -0.2) is 4.39 Å². The van der Waals surface area contributed by atoms with Crippen molar-refractivity contribution in [2.75, 3.05) is 17.2 Å². The number of halogens is 4. The number of nitrogens with one attached hydrogen (secondary N) is 2. The van der Waals surface area contributed by atoms with Crippen LogP contribution in [0.2, 0.25) is 0 Å². The fourth-order valence-electron chi connectivity index (χ4n) is 2.39. The van der Waals surface area contributed by atoms with Crippen LogP contribution in [0.25, 0.3) is 0 Å². The zero-order valence-electron chi connectivity index (χ0n) is 14.0. The molecular formula is C18H15F4N5. The van der Waals surface area contributed by atoms with Crippen LogP contribution in [-0.4, -0.2) is 21.7 Å². The van der Waals surface area contributed by atoms with Crippen LogP contribution >= 0.6 is 0 Å². The summed E-state index contributed by atoms with van der Waals surface area (Å²) in [7, 11) is 0. The number of anilines is 3. The van der Waals surface area contributed by atoms with E-state index < -0.39 is 11.7 Å². The molecule has 140 valence electrons. The van der Waals surface area contributed by atoms with E-state index in [1.807, 2.05) is 0 Å². The van der Waals surface area contributed by atoms with Crippen LogP contribution in [0.5, 0.6) is 0 Å². The minimum atomic E-state index is -4.49. The van der Waals surface area contributed by atoms with Gasteiger partial charge in [0, 0.05) is 6.54 Å². The topological polar surface area (TPSA) is 62.7 Å². The van der Waals surface area contributed by atoms with Crippen LogP contribution < -0.4 is 10.6 Å². The van der Waals surface area contributed by atoms with E-state index in [-0.39, 0.29) is 23.3 Å². The lowest BCUT2D eigenvalue weighted by atomic mass is 10.1. The molecule has 0 aliphatic carbocycles. The SMILES string of the molecule is Fc1ccc(CCNc2nncc(Nc3ccccc3C(F)(F)F)n2)cc1. The van der Waals surface area contributed by atoms with E-state index in [1.165, 1.54) is 36.5 Å². The summed E-state index contributed by atoms with van der Waals surface area (Å²) >= 11 is 0. The van der Waals surface area contributed by atoms with Gasteiger partial charge in [-0.2, -0.15) is 23.3 Å². The van der Waals surface area contributed by atoms with E-state index in [2.05, 4.69) is 25.8 Å². The van der Waals surface area contributed by atoms with Crippen LogP contribution in [0.15, 0.2) is 54.7 Å². The van der Waals surface area contributed by atoms with Crippen molar-refractivity contribution < 1.29 is 17.6 Å². The monoisotopic (exact) mass is 377 g/mol. The summed E-state index contributed by atoms with van der Waals surface area (Å²) in [6.45, 7) is 0.454. The highest BCUT2D eigenvalue weighted by molar-refractivity contribution is 5.61. The molecule has 3 rings (SSSR count). The third-order valence-electron chi connectivity index (χ3n) is 3.66. The van der Waals surface area contributed by atoms with Gasteiger partial charge in [0.05, 0.1) is 17.4 Å². The molecular weight excluding hydrogens is 362 g/mol. The van der Waals surface area contributed by atoms with Gasteiger partial charge >= 0.3 is 6.18 Å². The summed E-state index contributed by atoms with van der Waals surface area (Å²) in [4.78, 5) is 4.11. The van der Waals surface area contributed by atoms with Crippen LogP contribution in [-0.2, 0) is 12.6 Å². The molecule has 0 saturated carbocycles. The lowest BCUT2D eigenvalue weighted by molar-refractivity contribution is -0.136. The van der Waals surface area contributed by atoms with E-state index in [4.69, 9.17) is 0 Å². The van der Waals surface area contributed by atoms with Crippen LogP contribution in [0.1, 0.15) is 11.1 Å². The highest BCUT2D eigenvalue weighted by atomic mass is 19.4. The first-order valence-electron chi connectivity index (χ1n) is 8.03. The Balaban J connectivity index is 1.65. The molecule has 0 aliphatic rings. The summed E-state index contributed by atoms with van der Waals surface area (Å²) < 4.78 is 52.1. The number of para-hydroxylation sites is 1. The van der Waals surface area contributed by atoms with Crippen molar-refractivity contribution in [3.63, 3.8) is 0 Å². The fraction of sp³-hybridized carbons (Fsp3) is 0.167. The fourth-order valence-corrected chi connectivity index (χ4v) is 2.39. The van der Waals surface area contributed by atoms with Gasteiger partial charge in [-0.3, -0.25) is 0 Å². The lowest BCUT2D eigenvalue weighted by Gasteiger charge is -2.14. The number of benzene rings is 2. The average molecular weight is 377 g/mol. The first kappa shape index (κ1) is 18.6. The molecule has 2 N–H and O–H groups in total. The van der Waals surface area contributed by atoms with E-state index in [1.54, 1.807) is 12.1 Å². The molecule has 5 nitrogen and oxygen atoms in total. The highest BCUT2D eigenvalue weighted by Crippen LogP contribution is 2.35. The number of nitrogens with zero attached hydrogens (tertiary/aromatic N) is 3. The number of rotatable bonds is 6. The third kappa shape index (κ3) is 5.13. The maximum atomic E-state index is 13.1. The zero-order chi connectivity index (χ0) is 19.3. The van der Waals surface area contributed by atoms with Gasteiger partial charge in [0.15, 0.2) is 5.82 Å². The quantitative estimate of drug-likeness (QED) is 0.623. The second-order valence-corrected chi connectivity index (χ2v) is 5.64. The summed E-state index contributed by atoms with van der Waals surface area (Å²) in [6, 6.07) is 11.2. The normalized spacial score (nSPS) is 11.3. The number of aromatic nitrogens is 3. The number of alkyl halides is 3. The maximum absolute atomic E-state index is 13.1. The molecule has 1 aromatic heterocycles. The Kier molecular flexibility index (Phi) is 5.49. The van der Waals surface area contributed by atoms with Crippen molar-refractivity contribution >= 4 is 17.5 Å². The molecule has 1 heterocycles. The minimum absolute atomic E-state index is 0.122. The van der Waals surface area contributed by atoms with Crippen LogP contribution in [0, 0.1) is 5.82 Å². The van der Waals surface area contributed by atoms with Crippen LogP contribution in [0.3, 0.4) is 0 Å². The van der Waals surface area contributed by atoms with Crippen LogP contribution in [0.4, 0.5) is 35.0 Å². The summed E-state index contributed by atoms with van der Waals surface area (Å²) in [5.41, 5.74) is 0.00226. The van der Waals surface area contributed by atoms with E-state index in [0.717, 1.165) is 11.6 Å². The molecule has 27 heavy (non-hydrogen) atoms. The Hall–Kier alpha value is -3.23. The third-order valence-corrected chi connectivity index (χ3v) is 3.66. The molecule has 0 bridgehead atoms. The largest absolute Gasteiger partial charge is 0.418 e. The second kappa shape index (κ2) is 7.98. The van der Waals surface area contributed by atoms with Crippen molar-refractivity contribution in [1.82, 2.24) is 15.2 Å². The molecule has 0 aliphatic heterocycles. The Bertz CT molecular complexity index is 897.